The van der Waals surface area contributed by atoms with Gasteiger partial charge in [-0.1, -0.05) is 0 Å². The monoisotopic (exact) mass is 526 g/mol. The molecule has 0 fully saturated rings. The Labute approximate surface area is 192 Å². The summed E-state index contributed by atoms with van der Waals surface area (Å²) in [5.41, 5.74) is -2.69. The first-order valence-corrected chi connectivity index (χ1v) is 9.61. The molecule has 1 N–H and O–H groups in total. The van der Waals surface area contributed by atoms with Crippen molar-refractivity contribution in [3.05, 3.63) is 51.8 Å². The number of aromatic nitrogens is 6. The minimum atomic E-state index is -6.56. The van der Waals surface area contributed by atoms with Crippen molar-refractivity contribution in [3.8, 4) is 0 Å². The molecule has 1 amide bonds. The molecule has 2 heterocycles. The Hall–Kier alpha value is -3.90. The molecule has 0 radical (unpaired) electrons. The summed E-state index contributed by atoms with van der Waals surface area (Å²) >= 11 is 0.831. The normalized spacial score (nSPS) is 12.5. The van der Waals surface area contributed by atoms with Gasteiger partial charge in [0.05, 0.1) is 16.1 Å². The molecular weight excluding hydrogens is 517 g/mol. The molecule has 2 aromatic heterocycles. The number of carbonyl (C=O) groups is 1. The van der Waals surface area contributed by atoms with E-state index in [9.17, 15) is 45.6 Å². The number of nitrogens with one attached hydrogen (secondary N) is 1. The highest BCUT2D eigenvalue weighted by molar-refractivity contribution is 7.99. The number of hydrogen-bond acceptors (Lipinski definition) is 9. The number of benzene rings is 1. The summed E-state index contributed by atoms with van der Waals surface area (Å²) < 4.78 is 92.2. The maximum Gasteiger partial charge on any atom is 0.460 e. The van der Waals surface area contributed by atoms with Gasteiger partial charge in [0.15, 0.2) is 0 Å². The lowest BCUT2D eigenvalue weighted by Gasteiger charge is -2.27. The van der Waals surface area contributed by atoms with Gasteiger partial charge in [-0.2, -0.15) is 30.7 Å². The Kier molecular flexibility index (Phi) is 6.64. The van der Waals surface area contributed by atoms with Crippen LogP contribution in [0, 0.1) is 10.1 Å². The van der Waals surface area contributed by atoms with E-state index in [1.165, 1.54) is 17.8 Å². The van der Waals surface area contributed by atoms with Crippen molar-refractivity contribution >= 4 is 29.3 Å². The zero-order valence-corrected chi connectivity index (χ0v) is 17.6. The van der Waals surface area contributed by atoms with Crippen LogP contribution in [0.25, 0.3) is 0 Å². The molecule has 0 atom stereocenters. The van der Waals surface area contributed by atoms with Gasteiger partial charge < -0.3 is 0 Å². The standard InChI is InChI=1S/C16H9F7N8O3S/c1-30-13(27-28-29-30)35-10-3-2-8(31(33)34)4-9(10)11(32)26-12-24-5-7(6-25-12)14(17,18)15(19,20)16(21,22)23/h2-6H,1H3,(H,24,25,26,32). The van der Waals surface area contributed by atoms with E-state index >= 15 is 0 Å². The zero-order valence-electron chi connectivity index (χ0n) is 16.8. The second kappa shape index (κ2) is 9.04. The molecule has 35 heavy (non-hydrogen) atoms. The van der Waals surface area contributed by atoms with Gasteiger partial charge >= 0.3 is 18.0 Å². The van der Waals surface area contributed by atoms with Crippen LogP contribution >= 0.6 is 11.8 Å². The Morgan fingerprint density at radius 3 is 2.26 bits per heavy atom. The first kappa shape index (κ1) is 25.7. The lowest BCUT2D eigenvalue weighted by atomic mass is 10.1. The van der Waals surface area contributed by atoms with Crippen molar-refractivity contribution in [1.82, 2.24) is 30.2 Å². The molecule has 0 unspecified atom stereocenters. The van der Waals surface area contributed by atoms with Crippen molar-refractivity contribution in [2.45, 2.75) is 28.1 Å². The van der Waals surface area contributed by atoms with Crippen LogP contribution in [-0.4, -0.2) is 53.1 Å². The number of halogens is 7. The van der Waals surface area contributed by atoms with Crippen molar-refractivity contribution < 1.29 is 40.5 Å². The topological polar surface area (TPSA) is 142 Å². The van der Waals surface area contributed by atoms with E-state index in [1.54, 1.807) is 0 Å². The lowest BCUT2D eigenvalue weighted by molar-refractivity contribution is -0.384. The highest BCUT2D eigenvalue weighted by Crippen LogP contribution is 2.51. The first-order valence-electron chi connectivity index (χ1n) is 8.80. The fourth-order valence-electron chi connectivity index (χ4n) is 2.39. The number of amides is 1. The maximum absolute atomic E-state index is 13.8. The molecule has 1 aromatic carbocycles. The molecule has 0 aliphatic heterocycles. The van der Waals surface area contributed by atoms with Gasteiger partial charge in [0.25, 0.3) is 11.6 Å². The van der Waals surface area contributed by atoms with E-state index in [1.807, 2.05) is 5.32 Å². The van der Waals surface area contributed by atoms with Crippen LogP contribution < -0.4 is 5.32 Å². The predicted molar refractivity (Wildman–Crippen MR) is 101 cm³/mol. The molecule has 0 spiro atoms. The Morgan fingerprint density at radius 1 is 1.11 bits per heavy atom. The molecule has 0 saturated heterocycles. The fraction of sp³-hybridized carbons (Fsp3) is 0.250. The summed E-state index contributed by atoms with van der Waals surface area (Å²) in [6.45, 7) is 0. The number of nitrogens with zero attached hydrogens (tertiary/aromatic N) is 7. The fourth-order valence-corrected chi connectivity index (χ4v) is 3.23. The largest absolute Gasteiger partial charge is 0.460 e. The number of alkyl halides is 7. The molecule has 0 bridgehead atoms. The van der Waals surface area contributed by atoms with E-state index in [0.29, 0.717) is 0 Å². The van der Waals surface area contributed by atoms with Crippen LogP contribution in [0.5, 0.6) is 0 Å². The van der Waals surface area contributed by atoms with Gasteiger partial charge in [-0.15, -0.1) is 5.10 Å². The van der Waals surface area contributed by atoms with Crippen LogP contribution in [-0.2, 0) is 13.0 Å². The van der Waals surface area contributed by atoms with Crippen LogP contribution in [0.4, 0.5) is 42.4 Å². The minimum Gasteiger partial charge on any atom is -0.290 e. The maximum atomic E-state index is 13.8. The molecule has 3 rings (SSSR count). The number of nitro benzene ring substituents is 1. The zero-order chi connectivity index (χ0) is 26.2. The van der Waals surface area contributed by atoms with Crippen LogP contribution in [0.2, 0.25) is 0 Å². The van der Waals surface area contributed by atoms with Gasteiger partial charge in [-0.05, 0) is 28.3 Å². The van der Waals surface area contributed by atoms with Crippen molar-refractivity contribution in [1.29, 1.82) is 0 Å². The highest BCUT2D eigenvalue weighted by Gasteiger charge is 2.73. The second-order valence-corrected chi connectivity index (χ2v) is 7.53. The third kappa shape index (κ3) is 4.98. The third-order valence-electron chi connectivity index (χ3n) is 4.19. The number of rotatable bonds is 7. The van der Waals surface area contributed by atoms with Crippen LogP contribution in [0.15, 0.2) is 40.6 Å². The number of aryl methyl sites for hydroxylation is 1. The number of non-ortho nitro benzene ring substituents is 1. The molecule has 0 aliphatic rings. The molecule has 186 valence electrons. The van der Waals surface area contributed by atoms with Gasteiger partial charge in [0.1, 0.15) is 0 Å². The van der Waals surface area contributed by atoms with E-state index in [2.05, 4.69) is 25.5 Å². The number of tetrazole rings is 1. The third-order valence-corrected chi connectivity index (χ3v) is 5.30. The Bertz CT molecular complexity index is 1270. The molecule has 11 nitrogen and oxygen atoms in total. The van der Waals surface area contributed by atoms with E-state index in [0.717, 1.165) is 23.9 Å². The summed E-state index contributed by atoms with van der Waals surface area (Å²) in [5.74, 6) is -14.0. The van der Waals surface area contributed by atoms with Crippen LogP contribution in [0.3, 0.4) is 0 Å². The van der Waals surface area contributed by atoms with E-state index in [4.69, 9.17) is 0 Å². The summed E-state index contributed by atoms with van der Waals surface area (Å²) in [6, 6.07) is 3.15. The molecule has 19 heteroatoms. The van der Waals surface area contributed by atoms with Gasteiger partial charge in [0, 0.05) is 36.5 Å². The quantitative estimate of drug-likeness (QED) is 0.278. The average Bonchev–Trinajstić information content (AvgIpc) is 3.17. The number of nitro groups is 1. The predicted octanol–water partition coefficient (Wildman–Crippen LogP) is 3.60. The summed E-state index contributed by atoms with van der Waals surface area (Å²) in [4.78, 5) is 29.5. The first-order chi connectivity index (χ1) is 16.1. The average molecular weight is 526 g/mol. The number of anilines is 1. The van der Waals surface area contributed by atoms with E-state index < -0.39 is 46.1 Å². The van der Waals surface area contributed by atoms with Gasteiger partial charge in [-0.25, -0.2) is 14.6 Å². The number of hydrogen-bond donors (Lipinski definition) is 1. The molecule has 3 aromatic rings. The smallest absolute Gasteiger partial charge is 0.290 e. The Morgan fingerprint density at radius 2 is 1.74 bits per heavy atom. The Balaban J connectivity index is 1.89. The molecular formula is C16H9F7N8O3S. The van der Waals surface area contributed by atoms with Crippen LogP contribution in [0.1, 0.15) is 15.9 Å². The highest BCUT2D eigenvalue weighted by atomic mass is 32.2. The lowest BCUT2D eigenvalue weighted by Crippen LogP contribution is -2.50. The SMILES string of the molecule is Cn1nnnc1Sc1ccc([N+](=O)[O-])cc1C(=O)Nc1ncc(C(F)(F)C(F)(F)C(F)(F)F)cn1. The van der Waals surface area contributed by atoms with Crippen molar-refractivity contribution in [2.24, 2.45) is 7.05 Å². The second-order valence-electron chi connectivity index (χ2n) is 6.52. The summed E-state index contributed by atoms with van der Waals surface area (Å²) in [6.07, 6.45) is -6.59. The van der Waals surface area contributed by atoms with Gasteiger partial charge in [0.2, 0.25) is 11.1 Å². The van der Waals surface area contributed by atoms with E-state index in [-0.39, 0.29) is 28.0 Å². The summed E-state index contributed by atoms with van der Waals surface area (Å²) in [5, 5.41) is 23.9. The van der Waals surface area contributed by atoms with Gasteiger partial charge in [-0.3, -0.25) is 20.2 Å². The molecule has 0 saturated carbocycles. The molecule has 0 aliphatic carbocycles. The van der Waals surface area contributed by atoms with Crippen molar-refractivity contribution in [3.63, 3.8) is 0 Å². The summed E-state index contributed by atoms with van der Waals surface area (Å²) in [7, 11) is 1.47. The minimum absolute atomic E-state index is 0.0173. The number of carbonyl (C=O) groups excluding carboxylic acids is 1. The van der Waals surface area contributed by atoms with Crippen molar-refractivity contribution in [2.75, 3.05) is 5.32 Å².